The molecule has 0 aliphatic carbocycles. The molecule has 0 saturated carbocycles. The fourth-order valence-electron chi connectivity index (χ4n) is 3.97. The molecule has 0 bridgehead atoms. The molecule has 0 spiro atoms. The third-order valence-electron chi connectivity index (χ3n) is 5.51. The van der Waals surface area contributed by atoms with E-state index < -0.39 is 11.6 Å². The van der Waals surface area contributed by atoms with Gasteiger partial charge >= 0.3 is 6.03 Å². The maximum absolute atomic E-state index is 13.7. The first-order valence-corrected chi connectivity index (χ1v) is 10.1. The lowest BCUT2D eigenvalue weighted by atomic mass is 9.83. The molecule has 0 atom stereocenters. The maximum Gasteiger partial charge on any atom is 0.326 e. The second-order valence-electron chi connectivity index (χ2n) is 7.65. The van der Waals surface area contributed by atoms with Crippen LogP contribution in [-0.4, -0.2) is 42.6 Å². The molecule has 3 amide bonds. The summed E-state index contributed by atoms with van der Waals surface area (Å²) < 4.78 is 5.20. The van der Waals surface area contributed by atoms with Gasteiger partial charge in [-0.25, -0.2) is 9.69 Å². The number of hydrogen-bond donors (Lipinski definition) is 1. The molecule has 3 aromatic rings. The molecule has 0 radical (unpaired) electrons. The second kappa shape index (κ2) is 8.62. The minimum absolute atomic E-state index is 0.179. The van der Waals surface area contributed by atoms with E-state index in [9.17, 15) is 9.59 Å². The van der Waals surface area contributed by atoms with Gasteiger partial charge in [-0.3, -0.25) is 9.69 Å². The van der Waals surface area contributed by atoms with Crippen molar-refractivity contribution in [1.82, 2.24) is 15.1 Å². The summed E-state index contributed by atoms with van der Waals surface area (Å²) in [6.07, 6.45) is 0. The van der Waals surface area contributed by atoms with Gasteiger partial charge in [-0.2, -0.15) is 0 Å². The van der Waals surface area contributed by atoms with Gasteiger partial charge in [0, 0.05) is 6.54 Å². The SMILES string of the molecule is COc1ccc(CN(C)CN2C(=O)NC(c3ccccc3)(c3ccccc3)C2=O)cc1. The number of ether oxygens (including phenoxy) is 1. The highest BCUT2D eigenvalue weighted by Crippen LogP contribution is 2.36. The fourth-order valence-corrected chi connectivity index (χ4v) is 3.97. The summed E-state index contributed by atoms with van der Waals surface area (Å²) in [6.45, 7) is 0.767. The van der Waals surface area contributed by atoms with Gasteiger partial charge in [0.15, 0.2) is 5.54 Å². The molecule has 6 heteroatoms. The van der Waals surface area contributed by atoms with Crippen LogP contribution in [0.25, 0.3) is 0 Å². The molecule has 31 heavy (non-hydrogen) atoms. The van der Waals surface area contributed by atoms with Gasteiger partial charge in [-0.15, -0.1) is 0 Å². The molecule has 1 aliphatic heterocycles. The van der Waals surface area contributed by atoms with Crippen LogP contribution in [0, 0.1) is 0 Å². The Bertz CT molecular complexity index is 1010. The summed E-state index contributed by atoms with van der Waals surface area (Å²) in [5, 5.41) is 2.98. The quantitative estimate of drug-likeness (QED) is 0.599. The minimum Gasteiger partial charge on any atom is -0.497 e. The van der Waals surface area contributed by atoms with Crippen LogP contribution in [0.1, 0.15) is 16.7 Å². The molecule has 6 nitrogen and oxygen atoms in total. The predicted octanol–water partition coefficient (Wildman–Crippen LogP) is 3.58. The summed E-state index contributed by atoms with van der Waals surface area (Å²) in [4.78, 5) is 29.9. The number of imide groups is 1. The molecule has 0 aromatic heterocycles. The number of nitrogens with zero attached hydrogens (tertiary/aromatic N) is 2. The van der Waals surface area contributed by atoms with Gasteiger partial charge in [0.05, 0.1) is 13.8 Å². The van der Waals surface area contributed by atoms with E-state index >= 15 is 0 Å². The highest BCUT2D eigenvalue weighted by atomic mass is 16.5. The number of carbonyl (C=O) groups is 2. The van der Waals surface area contributed by atoms with E-state index in [1.807, 2.05) is 96.9 Å². The van der Waals surface area contributed by atoms with E-state index in [2.05, 4.69) is 5.32 Å². The second-order valence-corrected chi connectivity index (χ2v) is 7.65. The molecule has 1 fully saturated rings. The Morgan fingerprint density at radius 1 is 0.871 bits per heavy atom. The van der Waals surface area contributed by atoms with Crippen LogP contribution in [0.15, 0.2) is 84.9 Å². The van der Waals surface area contributed by atoms with E-state index in [-0.39, 0.29) is 12.6 Å². The van der Waals surface area contributed by atoms with Crippen molar-refractivity contribution in [3.05, 3.63) is 102 Å². The lowest BCUT2D eigenvalue weighted by Gasteiger charge is -2.28. The molecule has 1 saturated heterocycles. The van der Waals surface area contributed by atoms with Crippen LogP contribution in [0.2, 0.25) is 0 Å². The molecule has 4 rings (SSSR count). The third-order valence-corrected chi connectivity index (χ3v) is 5.51. The summed E-state index contributed by atoms with van der Waals surface area (Å²) in [5.41, 5.74) is 1.30. The number of amides is 3. The number of benzene rings is 3. The molecule has 1 heterocycles. The van der Waals surface area contributed by atoms with Gasteiger partial charge in [0.25, 0.3) is 5.91 Å². The van der Waals surface area contributed by atoms with Crippen molar-refractivity contribution in [2.75, 3.05) is 20.8 Å². The number of nitrogens with one attached hydrogen (secondary N) is 1. The summed E-state index contributed by atoms with van der Waals surface area (Å²) >= 11 is 0. The van der Waals surface area contributed by atoms with E-state index in [1.165, 1.54) is 4.90 Å². The van der Waals surface area contributed by atoms with Crippen molar-refractivity contribution in [2.24, 2.45) is 0 Å². The fraction of sp³-hybridized carbons (Fsp3) is 0.200. The Balaban J connectivity index is 1.60. The van der Waals surface area contributed by atoms with Crippen molar-refractivity contribution in [2.45, 2.75) is 12.1 Å². The number of urea groups is 1. The van der Waals surface area contributed by atoms with Crippen LogP contribution in [-0.2, 0) is 16.9 Å². The molecule has 3 aromatic carbocycles. The first kappa shape index (κ1) is 20.6. The van der Waals surface area contributed by atoms with Crippen LogP contribution in [0.4, 0.5) is 4.79 Å². The van der Waals surface area contributed by atoms with Crippen LogP contribution in [0.3, 0.4) is 0 Å². The van der Waals surface area contributed by atoms with Crippen LogP contribution in [0.5, 0.6) is 5.75 Å². The molecular formula is C25H25N3O3. The maximum atomic E-state index is 13.7. The zero-order chi connectivity index (χ0) is 21.8. The van der Waals surface area contributed by atoms with Crippen LogP contribution >= 0.6 is 0 Å². The van der Waals surface area contributed by atoms with E-state index in [0.717, 1.165) is 22.4 Å². The lowest BCUT2D eigenvalue weighted by Crippen LogP contribution is -2.46. The van der Waals surface area contributed by atoms with E-state index in [1.54, 1.807) is 7.11 Å². The van der Waals surface area contributed by atoms with Gasteiger partial charge in [0.2, 0.25) is 0 Å². The molecule has 1 N–H and O–H groups in total. The normalized spacial score (nSPS) is 15.3. The number of carbonyl (C=O) groups excluding carboxylic acids is 2. The largest absolute Gasteiger partial charge is 0.497 e. The number of hydrogen-bond acceptors (Lipinski definition) is 4. The monoisotopic (exact) mass is 415 g/mol. The van der Waals surface area contributed by atoms with Gasteiger partial charge in [-0.1, -0.05) is 72.8 Å². The van der Waals surface area contributed by atoms with Crippen molar-refractivity contribution in [1.29, 1.82) is 0 Å². The van der Waals surface area contributed by atoms with Crippen molar-refractivity contribution in [3.63, 3.8) is 0 Å². The summed E-state index contributed by atoms with van der Waals surface area (Å²) in [6, 6.07) is 26.1. The van der Waals surface area contributed by atoms with E-state index in [0.29, 0.717) is 6.54 Å². The minimum atomic E-state index is -1.24. The lowest BCUT2D eigenvalue weighted by molar-refractivity contribution is -0.131. The van der Waals surface area contributed by atoms with Crippen molar-refractivity contribution in [3.8, 4) is 5.75 Å². The average Bonchev–Trinajstić information content (AvgIpc) is 3.06. The third kappa shape index (κ3) is 3.90. The first-order chi connectivity index (χ1) is 15.0. The molecule has 1 aliphatic rings. The van der Waals surface area contributed by atoms with Gasteiger partial charge in [0.1, 0.15) is 5.75 Å². The zero-order valence-electron chi connectivity index (χ0n) is 17.6. The highest BCUT2D eigenvalue weighted by Gasteiger charge is 2.53. The Morgan fingerprint density at radius 3 is 1.94 bits per heavy atom. The summed E-state index contributed by atoms with van der Waals surface area (Å²) in [5.74, 6) is 0.507. The smallest absolute Gasteiger partial charge is 0.326 e. The number of methoxy groups -OCH3 is 1. The predicted molar refractivity (Wildman–Crippen MR) is 118 cm³/mol. The molecule has 158 valence electrons. The zero-order valence-corrected chi connectivity index (χ0v) is 17.6. The van der Waals surface area contributed by atoms with Crippen molar-refractivity contribution < 1.29 is 14.3 Å². The van der Waals surface area contributed by atoms with Gasteiger partial charge < -0.3 is 10.1 Å². The molecule has 0 unspecified atom stereocenters. The summed E-state index contributed by atoms with van der Waals surface area (Å²) in [7, 11) is 3.51. The van der Waals surface area contributed by atoms with Crippen molar-refractivity contribution >= 4 is 11.9 Å². The Morgan fingerprint density at radius 2 is 1.42 bits per heavy atom. The topological polar surface area (TPSA) is 61.9 Å². The highest BCUT2D eigenvalue weighted by molar-refractivity contribution is 6.09. The van der Waals surface area contributed by atoms with Gasteiger partial charge in [-0.05, 0) is 35.9 Å². The Labute approximate surface area is 182 Å². The van der Waals surface area contributed by atoms with E-state index in [4.69, 9.17) is 4.74 Å². The number of rotatable bonds is 7. The standard InChI is InChI=1S/C25H25N3O3/c1-27(17-19-13-15-22(31-2)16-14-19)18-28-23(29)25(26-24(28)30,20-9-5-3-6-10-20)21-11-7-4-8-12-21/h3-16H,17-18H2,1-2H3,(H,26,30). The van der Waals surface area contributed by atoms with Crippen LogP contribution < -0.4 is 10.1 Å². The molecular weight excluding hydrogens is 390 g/mol. The average molecular weight is 415 g/mol. The Hall–Kier alpha value is -3.64. The Kier molecular flexibility index (Phi) is 5.73. The first-order valence-electron chi connectivity index (χ1n) is 10.1.